The molecular formula is C10H22O3. The van der Waals surface area contributed by atoms with Crippen molar-refractivity contribution in [1.29, 1.82) is 0 Å². The molecule has 0 saturated heterocycles. The van der Waals surface area contributed by atoms with Gasteiger partial charge in [0.2, 0.25) is 0 Å². The summed E-state index contributed by atoms with van der Waals surface area (Å²) in [6.07, 6.45) is 1.36. The molecule has 2 unspecified atom stereocenters. The van der Waals surface area contributed by atoms with Gasteiger partial charge in [-0.25, -0.2) is 0 Å². The minimum Gasteiger partial charge on any atom is -0.394 e. The van der Waals surface area contributed by atoms with Crippen LogP contribution < -0.4 is 0 Å². The van der Waals surface area contributed by atoms with Crippen LogP contribution >= 0.6 is 0 Å². The van der Waals surface area contributed by atoms with Crippen LogP contribution in [-0.4, -0.2) is 35.6 Å². The number of hydrogen-bond donors (Lipinski definition) is 2. The molecule has 0 aliphatic rings. The first-order valence-electron chi connectivity index (χ1n) is 5.06. The molecule has 0 heterocycles. The molecule has 0 amide bonds. The molecule has 0 aliphatic carbocycles. The van der Waals surface area contributed by atoms with E-state index in [4.69, 9.17) is 9.84 Å². The summed E-state index contributed by atoms with van der Waals surface area (Å²) in [5.41, 5.74) is 0. The normalized spacial score (nSPS) is 16.2. The van der Waals surface area contributed by atoms with E-state index in [1.54, 1.807) is 6.92 Å². The molecule has 0 aromatic carbocycles. The monoisotopic (exact) mass is 190 g/mol. The summed E-state index contributed by atoms with van der Waals surface area (Å²) in [6, 6.07) is 0. The summed E-state index contributed by atoms with van der Waals surface area (Å²) in [5.74, 6) is 0.311. The predicted octanol–water partition coefficient (Wildman–Crippen LogP) is 1.18. The summed E-state index contributed by atoms with van der Waals surface area (Å²) in [4.78, 5) is 0. The Kier molecular flexibility index (Phi) is 7.23. The van der Waals surface area contributed by atoms with Crippen LogP contribution in [0.2, 0.25) is 0 Å². The summed E-state index contributed by atoms with van der Waals surface area (Å²) in [5, 5.41) is 18.3. The molecular weight excluding hydrogens is 168 g/mol. The van der Waals surface area contributed by atoms with Gasteiger partial charge in [-0.15, -0.1) is 0 Å². The molecule has 3 nitrogen and oxygen atoms in total. The molecule has 0 saturated carbocycles. The van der Waals surface area contributed by atoms with Crippen molar-refractivity contribution in [3.8, 4) is 0 Å². The van der Waals surface area contributed by atoms with E-state index in [9.17, 15) is 5.11 Å². The largest absolute Gasteiger partial charge is 0.394 e. The average molecular weight is 190 g/mol. The number of aliphatic hydroxyl groups excluding tert-OH is 2. The van der Waals surface area contributed by atoms with Crippen molar-refractivity contribution in [3.05, 3.63) is 0 Å². The SMILES string of the molecule is CCC(CC)C(O)COC(C)CO. The molecule has 0 spiro atoms. The van der Waals surface area contributed by atoms with Crippen LogP contribution in [0.15, 0.2) is 0 Å². The van der Waals surface area contributed by atoms with Crippen LogP contribution in [0, 0.1) is 5.92 Å². The maximum atomic E-state index is 9.65. The molecule has 3 heteroatoms. The van der Waals surface area contributed by atoms with Crippen molar-refractivity contribution in [2.24, 2.45) is 5.92 Å². The fourth-order valence-corrected chi connectivity index (χ4v) is 1.28. The topological polar surface area (TPSA) is 49.7 Å². The maximum Gasteiger partial charge on any atom is 0.0801 e. The van der Waals surface area contributed by atoms with Crippen LogP contribution in [0.5, 0.6) is 0 Å². The first-order chi connectivity index (χ1) is 6.15. The smallest absolute Gasteiger partial charge is 0.0801 e. The second kappa shape index (κ2) is 7.30. The van der Waals surface area contributed by atoms with E-state index in [1.165, 1.54) is 0 Å². The highest BCUT2D eigenvalue weighted by Crippen LogP contribution is 2.13. The van der Waals surface area contributed by atoms with Crippen LogP contribution in [0.1, 0.15) is 33.6 Å². The third-order valence-corrected chi connectivity index (χ3v) is 2.40. The van der Waals surface area contributed by atoms with Gasteiger partial charge in [0.25, 0.3) is 0 Å². The van der Waals surface area contributed by atoms with Gasteiger partial charge in [-0.1, -0.05) is 26.7 Å². The summed E-state index contributed by atoms with van der Waals surface area (Å²) < 4.78 is 5.24. The van der Waals surface area contributed by atoms with Gasteiger partial charge in [0.15, 0.2) is 0 Å². The van der Waals surface area contributed by atoms with Gasteiger partial charge in [0.1, 0.15) is 0 Å². The highest BCUT2D eigenvalue weighted by molar-refractivity contribution is 4.65. The minimum atomic E-state index is -0.399. The Hall–Kier alpha value is -0.120. The van der Waals surface area contributed by atoms with E-state index in [-0.39, 0.29) is 12.7 Å². The van der Waals surface area contributed by atoms with Gasteiger partial charge >= 0.3 is 0 Å². The summed E-state index contributed by atoms with van der Waals surface area (Å²) >= 11 is 0. The van der Waals surface area contributed by atoms with Gasteiger partial charge in [-0.2, -0.15) is 0 Å². The first-order valence-corrected chi connectivity index (χ1v) is 5.06. The van der Waals surface area contributed by atoms with Crippen LogP contribution in [-0.2, 0) is 4.74 Å². The molecule has 2 atom stereocenters. The van der Waals surface area contributed by atoms with Crippen LogP contribution in [0.3, 0.4) is 0 Å². The second-order valence-corrected chi connectivity index (χ2v) is 3.47. The Bertz CT molecular complexity index is 113. The summed E-state index contributed by atoms with van der Waals surface area (Å²) in [6.45, 7) is 6.25. The lowest BCUT2D eigenvalue weighted by atomic mass is 9.97. The standard InChI is InChI=1S/C10H22O3/c1-4-9(5-2)10(12)7-13-8(3)6-11/h8-12H,4-7H2,1-3H3. The zero-order chi connectivity index (χ0) is 10.3. The van der Waals surface area contributed by atoms with Crippen molar-refractivity contribution in [3.63, 3.8) is 0 Å². The lowest BCUT2D eigenvalue weighted by Crippen LogP contribution is -2.28. The number of aliphatic hydroxyl groups is 2. The molecule has 80 valence electrons. The van der Waals surface area contributed by atoms with E-state index in [1.807, 2.05) is 0 Å². The summed E-state index contributed by atoms with van der Waals surface area (Å²) in [7, 11) is 0. The Morgan fingerprint density at radius 1 is 1.23 bits per heavy atom. The predicted molar refractivity (Wildman–Crippen MR) is 52.6 cm³/mol. The first kappa shape index (κ1) is 12.9. The van der Waals surface area contributed by atoms with Gasteiger partial charge in [-0.05, 0) is 12.8 Å². The third-order valence-electron chi connectivity index (χ3n) is 2.40. The fourth-order valence-electron chi connectivity index (χ4n) is 1.28. The zero-order valence-corrected chi connectivity index (χ0v) is 8.86. The molecule has 2 N–H and O–H groups in total. The molecule has 0 rings (SSSR count). The zero-order valence-electron chi connectivity index (χ0n) is 8.86. The molecule has 0 fully saturated rings. The van der Waals surface area contributed by atoms with Gasteiger partial charge in [0, 0.05) is 0 Å². The second-order valence-electron chi connectivity index (χ2n) is 3.47. The van der Waals surface area contributed by atoms with Crippen LogP contribution in [0.25, 0.3) is 0 Å². The van der Waals surface area contributed by atoms with E-state index in [0.717, 1.165) is 12.8 Å². The fraction of sp³-hybridized carbons (Fsp3) is 1.00. The number of ether oxygens (including phenoxy) is 1. The lowest BCUT2D eigenvalue weighted by molar-refractivity contribution is -0.0427. The van der Waals surface area contributed by atoms with Gasteiger partial charge in [0.05, 0.1) is 25.4 Å². The van der Waals surface area contributed by atoms with Crippen molar-refractivity contribution >= 4 is 0 Å². The Labute approximate surface area is 80.7 Å². The Morgan fingerprint density at radius 2 is 1.77 bits per heavy atom. The van der Waals surface area contributed by atoms with E-state index in [2.05, 4.69) is 13.8 Å². The molecule has 0 aromatic heterocycles. The molecule has 0 aliphatic heterocycles. The third kappa shape index (κ3) is 5.24. The van der Waals surface area contributed by atoms with Gasteiger partial charge < -0.3 is 14.9 Å². The Balaban J connectivity index is 3.65. The van der Waals surface area contributed by atoms with Crippen LogP contribution in [0.4, 0.5) is 0 Å². The van der Waals surface area contributed by atoms with E-state index < -0.39 is 6.10 Å². The van der Waals surface area contributed by atoms with Crippen molar-refractivity contribution in [2.45, 2.75) is 45.8 Å². The highest BCUT2D eigenvalue weighted by atomic mass is 16.5. The Morgan fingerprint density at radius 3 is 2.15 bits per heavy atom. The number of rotatable bonds is 7. The maximum absolute atomic E-state index is 9.65. The average Bonchev–Trinajstić information content (AvgIpc) is 2.16. The minimum absolute atomic E-state index is 0.00956. The van der Waals surface area contributed by atoms with Crippen molar-refractivity contribution < 1.29 is 14.9 Å². The van der Waals surface area contributed by atoms with E-state index >= 15 is 0 Å². The van der Waals surface area contributed by atoms with Crippen molar-refractivity contribution in [1.82, 2.24) is 0 Å². The molecule has 0 bridgehead atoms. The molecule has 0 radical (unpaired) electrons. The quantitative estimate of drug-likeness (QED) is 0.634. The molecule has 13 heavy (non-hydrogen) atoms. The number of hydrogen-bond acceptors (Lipinski definition) is 3. The molecule has 0 aromatic rings. The highest BCUT2D eigenvalue weighted by Gasteiger charge is 2.16. The van der Waals surface area contributed by atoms with E-state index in [0.29, 0.717) is 12.5 Å². The lowest BCUT2D eigenvalue weighted by Gasteiger charge is -2.21. The van der Waals surface area contributed by atoms with Crippen molar-refractivity contribution in [2.75, 3.05) is 13.2 Å². The van der Waals surface area contributed by atoms with Gasteiger partial charge in [-0.3, -0.25) is 0 Å².